The summed E-state index contributed by atoms with van der Waals surface area (Å²) < 4.78 is 2.12. The van der Waals surface area contributed by atoms with Gasteiger partial charge in [-0.1, -0.05) is 0 Å². The molecule has 0 unspecified atom stereocenters. The standard InChI is InChI=1S/C22H33N7OS/c1-17-15-24-16-29(17)11-2-10-25-22(31)27-19-5-3-18(4-6-19)21(30)26-20-7-12-28(13-8-20)14-9-23/h3-6,15-16,20H,2,7-14,23H2,1H3,(H,26,30)(H2,25,27,31). The van der Waals surface area contributed by atoms with Crippen LogP contribution in [0.1, 0.15) is 35.3 Å². The van der Waals surface area contributed by atoms with Gasteiger partial charge in [0.05, 0.1) is 6.33 Å². The Kier molecular flexibility index (Phi) is 8.81. The van der Waals surface area contributed by atoms with Crippen molar-refractivity contribution in [2.75, 3.05) is 38.0 Å². The fourth-order valence-electron chi connectivity index (χ4n) is 3.70. The summed E-state index contributed by atoms with van der Waals surface area (Å²) in [5, 5.41) is 10.1. The Balaban J connectivity index is 1.36. The zero-order valence-corrected chi connectivity index (χ0v) is 19.0. The van der Waals surface area contributed by atoms with Crippen LogP contribution in [0.15, 0.2) is 36.8 Å². The van der Waals surface area contributed by atoms with E-state index in [1.165, 1.54) is 0 Å². The SMILES string of the molecule is Cc1cncn1CCCNC(=S)Nc1ccc(C(=O)NC2CCN(CCN)CC2)cc1. The van der Waals surface area contributed by atoms with Crippen LogP contribution in [0.3, 0.4) is 0 Å². The molecule has 2 heterocycles. The number of carbonyl (C=O) groups excluding carboxylic acids is 1. The number of nitrogens with two attached hydrogens (primary N) is 1. The molecule has 0 aliphatic carbocycles. The smallest absolute Gasteiger partial charge is 0.251 e. The molecular weight excluding hydrogens is 410 g/mol. The predicted molar refractivity (Wildman–Crippen MR) is 128 cm³/mol. The average Bonchev–Trinajstić information content (AvgIpc) is 3.18. The van der Waals surface area contributed by atoms with E-state index in [1.807, 2.05) is 43.7 Å². The number of imidazole rings is 1. The van der Waals surface area contributed by atoms with Crippen LogP contribution in [0.5, 0.6) is 0 Å². The molecule has 1 aliphatic heterocycles. The van der Waals surface area contributed by atoms with Crippen LogP contribution in [0.2, 0.25) is 0 Å². The third-order valence-corrected chi connectivity index (χ3v) is 5.80. The molecule has 2 aromatic rings. The molecule has 9 heteroatoms. The van der Waals surface area contributed by atoms with Gasteiger partial charge in [0.15, 0.2) is 5.11 Å². The van der Waals surface area contributed by atoms with Gasteiger partial charge in [0.2, 0.25) is 0 Å². The number of hydrogen-bond acceptors (Lipinski definition) is 5. The third-order valence-electron chi connectivity index (χ3n) is 5.55. The average molecular weight is 444 g/mol. The largest absolute Gasteiger partial charge is 0.362 e. The summed E-state index contributed by atoms with van der Waals surface area (Å²) >= 11 is 5.36. The fourth-order valence-corrected chi connectivity index (χ4v) is 3.92. The molecule has 31 heavy (non-hydrogen) atoms. The Labute approximate surface area is 189 Å². The van der Waals surface area contributed by atoms with Crippen molar-refractivity contribution in [1.29, 1.82) is 0 Å². The molecule has 1 fully saturated rings. The highest BCUT2D eigenvalue weighted by Gasteiger charge is 2.20. The van der Waals surface area contributed by atoms with Crippen molar-refractivity contribution in [1.82, 2.24) is 25.1 Å². The van der Waals surface area contributed by atoms with E-state index < -0.39 is 0 Å². The van der Waals surface area contributed by atoms with Gasteiger partial charge in [0.1, 0.15) is 0 Å². The second kappa shape index (κ2) is 11.8. The summed E-state index contributed by atoms with van der Waals surface area (Å²) in [5.74, 6) is -0.0284. The van der Waals surface area contributed by atoms with Gasteiger partial charge < -0.3 is 31.2 Å². The van der Waals surface area contributed by atoms with E-state index in [-0.39, 0.29) is 11.9 Å². The number of nitrogens with zero attached hydrogens (tertiary/aromatic N) is 3. The molecule has 1 aliphatic rings. The number of aromatic nitrogens is 2. The molecule has 168 valence electrons. The molecule has 1 saturated heterocycles. The molecule has 0 saturated carbocycles. The number of nitrogens with one attached hydrogen (secondary N) is 3. The van der Waals surface area contributed by atoms with Gasteiger partial charge in [-0.3, -0.25) is 4.79 Å². The van der Waals surface area contributed by atoms with Crippen LogP contribution in [0, 0.1) is 6.92 Å². The van der Waals surface area contributed by atoms with Gasteiger partial charge in [-0.05, 0) is 62.7 Å². The highest BCUT2D eigenvalue weighted by atomic mass is 32.1. The number of anilines is 1. The summed E-state index contributed by atoms with van der Waals surface area (Å²) in [4.78, 5) is 19.0. The second-order valence-electron chi connectivity index (χ2n) is 7.92. The Bertz CT molecular complexity index is 844. The zero-order chi connectivity index (χ0) is 22.1. The van der Waals surface area contributed by atoms with Crippen LogP contribution in [-0.4, -0.2) is 64.2 Å². The number of aryl methyl sites for hydroxylation is 2. The molecule has 3 rings (SSSR count). The summed E-state index contributed by atoms with van der Waals surface area (Å²) in [5.41, 5.74) is 8.28. The molecule has 1 aromatic carbocycles. The summed E-state index contributed by atoms with van der Waals surface area (Å²) in [6, 6.07) is 7.63. The predicted octanol–water partition coefficient (Wildman–Crippen LogP) is 1.72. The maximum Gasteiger partial charge on any atom is 0.251 e. The quantitative estimate of drug-likeness (QED) is 0.346. The molecule has 5 N–H and O–H groups in total. The van der Waals surface area contributed by atoms with Crippen molar-refractivity contribution in [3.8, 4) is 0 Å². The fraction of sp³-hybridized carbons (Fsp3) is 0.500. The zero-order valence-electron chi connectivity index (χ0n) is 18.1. The highest BCUT2D eigenvalue weighted by molar-refractivity contribution is 7.80. The molecule has 0 bridgehead atoms. The number of likely N-dealkylation sites (tertiary alicyclic amines) is 1. The van der Waals surface area contributed by atoms with Gasteiger partial charge in [-0.25, -0.2) is 4.98 Å². The lowest BCUT2D eigenvalue weighted by Crippen LogP contribution is -2.45. The molecular formula is C22H33N7OS. The maximum atomic E-state index is 12.5. The van der Waals surface area contributed by atoms with Crippen LogP contribution < -0.4 is 21.7 Å². The number of benzene rings is 1. The number of amides is 1. The molecule has 0 spiro atoms. The van der Waals surface area contributed by atoms with E-state index >= 15 is 0 Å². The molecule has 8 nitrogen and oxygen atoms in total. The van der Waals surface area contributed by atoms with E-state index in [4.69, 9.17) is 18.0 Å². The third kappa shape index (κ3) is 7.30. The van der Waals surface area contributed by atoms with Gasteiger partial charge in [0.25, 0.3) is 5.91 Å². The van der Waals surface area contributed by atoms with E-state index in [0.29, 0.717) is 17.2 Å². The van der Waals surface area contributed by atoms with Crippen LogP contribution >= 0.6 is 12.2 Å². The summed E-state index contributed by atoms with van der Waals surface area (Å²) in [6.45, 7) is 7.29. The molecule has 1 aromatic heterocycles. The lowest BCUT2D eigenvalue weighted by atomic mass is 10.0. The van der Waals surface area contributed by atoms with Crippen molar-refractivity contribution in [3.63, 3.8) is 0 Å². The van der Waals surface area contributed by atoms with Crippen molar-refractivity contribution < 1.29 is 4.79 Å². The first-order valence-electron chi connectivity index (χ1n) is 10.9. The van der Waals surface area contributed by atoms with E-state index in [2.05, 4.69) is 30.4 Å². The van der Waals surface area contributed by atoms with Crippen molar-refractivity contribution in [3.05, 3.63) is 48.0 Å². The first-order valence-corrected chi connectivity index (χ1v) is 11.3. The lowest BCUT2D eigenvalue weighted by Gasteiger charge is -2.32. The Morgan fingerprint density at radius 3 is 2.61 bits per heavy atom. The number of thiocarbonyl (C=S) groups is 1. The van der Waals surface area contributed by atoms with Gasteiger partial charge >= 0.3 is 0 Å². The lowest BCUT2D eigenvalue weighted by molar-refractivity contribution is 0.0912. The Morgan fingerprint density at radius 2 is 1.97 bits per heavy atom. The van der Waals surface area contributed by atoms with E-state index in [1.54, 1.807) is 0 Å². The molecule has 0 atom stereocenters. The van der Waals surface area contributed by atoms with Crippen molar-refractivity contribution >= 4 is 28.9 Å². The van der Waals surface area contributed by atoms with E-state index in [9.17, 15) is 4.79 Å². The summed E-state index contributed by atoms with van der Waals surface area (Å²) in [6.07, 6.45) is 6.57. The maximum absolute atomic E-state index is 12.5. The van der Waals surface area contributed by atoms with Crippen molar-refractivity contribution in [2.24, 2.45) is 5.73 Å². The Morgan fingerprint density at radius 1 is 1.23 bits per heavy atom. The second-order valence-corrected chi connectivity index (χ2v) is 8.33. The normalized spacial score (nSPS) is 14.9. The molecule has 1 amide bonds. The first kappa shape index (κ1) is 23.2. The highest BCUT2D eigenvalue weighted by Crippen LogP contribution is 2.13. The van der Waals surface area contributed by atoms with Crippen LogP contribution in [0.4, 0.5) is 5.69 Å². The van der Waals surface area contributed by atoms with Gasteiger partial charge in [-0.15, -0.1) is 0 Å². The van der Waals surface area contributed by atoms with Crippen molar-refractivity contribution in [2.45, 2.75) is 38.8 Å². The monoisotopic (exact) mass is 443 g/mol. The minimum Gasteiger partial charge on any atom is -0.362 e. The summed E-state index contributed by atoms with van der Waals surface area (Å²) in [7, 11) is 0. The van der Waals surface area contributed by atoms with Gasteiger partial charge in [-0.2, -0.15) is 0 Å². The van der Waals surface area contributed by atoms with Crippen LogP contribution in [0.25, 0.3) is 0 Å². The minimum atomic E-state index is -0.0284. The van der Waals surface area contributed by atoms with Gasteiger partial charge in [0, 0.05) is 68.5 Å². The minimum absolute atomic E-state index is 0.0284. The number of rotatable bonds is 9. The Hall–Kier alpha value is -2.49. The number of hydrogen-bond donors (Lipinski definition) is 4. The number of piperidine rings is 1. The molecule has 0 radical (unpaired) electrons. The number of carbonyl (C=O) groups is 1. The topological polar surface area (TPSA) is 100 Å². The first-order chi connectivity index (χ1) is 15.0. The van der Waals surface area contributed by atoms with Crippen LogP contribution in [-0.2, 0) is 6.54 Å². The van der Waals surface area contributed by atoms with E-state index in [0.717, 1.165) is 63.4 Å².